The molecule has 1 aromatic heterocycles. The molecule has 5 heteroatoms. The summed E-state index contributed by atoms with van der Waals surface area (Å²) in [6, 6.07) is 5.39. The van der Waals surface area contributed by atoms with Gasteiger partial charge in [-0.15, -0.1) is 0 Å². The van der Waals surface area contributed by atoms with Gasteiger partial charge in [0.15, 0.2) is 0 Å². The van der Waals surface area contributed by atoms with Crippen molar-refractivity contribution in [2.45, 2.75) is 19.4 Å². The lowest BCUT2D eigenvalue weighted by Gasteiger charge is -2.20. The van der Waals surface area contributed by atoms with Crippen molar-refractivity contribution in [2.75, 3.05) is 13.1 Å². The molecule has 2 rings (SSSR count). The molecule has 2 heterocycles. The van der Waals surface area contributed by atoms with E-state index in [1.165, 1.54) is 6.20 Å². The molecule has 0 bridgehead atoms. The van der Waals surface area contributed by atoms with Crippen molar-refractivity contribution in [1.82, 2.24) is 9.88 Å². The fourth-order valence-electron chi connectivity index (χ4n) is 2.33. The zero-order valence-electron chi connectivity index (χ0n) is 10.3. The zero-order valence-corrected chi connectivity index (χ0v) is 10.3. The first-order valence-electron chi connectivity index (χ1n) is 6.03. The normalized spacial score (nSPS) is 22.8. The average Bonchev–Trinajstić information content (AvgIpc) is 2.79. The topological polar surface area (TPSA) is 83.0 Å². The monoisotopic (exact) mass is 244 g/mol. The molecule has 1 amide bonds. The Morgan fingerprint density at radius 1 is 1.67 bits per heavy atom. The van der Waals surface area contributed by atoms with Crippen LogP contribution in [0.4, 0.5) is 0 Å². The molecule has 0 aromatic carbocycles. The van der Waals surface area contributed by atoms with Crippen molar-refractivity contribution in [3.8, 4) is 6.07 Å². The van der Waals surface area contributed by atoms with Gasteiger partial charge in [-0.05, 0) is 37.9 Å². The van der Waals surface area contributed by atoms with Gasteiger partial charge in [0, 0.05) is 18.8 Å². The number of hydrogen-bond acceptors (Lipinski definition) is 4. The second-order valence-electron chi connectivity index (χ2n) is 4.69. The van der Waals surface area contributed by atoms with Gasteiger partial charge in [0.05, 0.1) is 5.56 Å². The predicted octanol–water partition coefficient (Wildman–Crippen LogP) is 0.763. The summed E-state index contributed by atoms with van der Waals surface area (Å²) in [5, 5.41) is 8.69. The Kier molecular flexibility index (Phi) is 3.58. The van der Waals surface area contributed by atoms with Crippen LogP contribution in [0, 0.1) is 17.2 Å². The predicted molar refractivity (Wildman–Crippen MR) is 66.6 cm³/mol. The summed E-state index contributed by atoms with van der Waals surface area (Å²) in [7, 11) is 0. The molecule has 94 valence electrons. The van der Waals surface area contributed by atoms with Gasteiger partial charge in [-0.1, -0.05) is 0 Å². The number of aromatic nitrogens is 1. The second-order valence-corrected chi connectivity index (χ2v) is 4.69. The molecule has 5 nitrogen and oxygen atoms in total. The smallest absolute Gasteiger partial charge is 0.272 e. The Morgan fingerprint density at radius 3 is 2.94 bits per heavy atom. The Bertz CT molecular complexity index is 477. The number of hydrogen-bond donors (Lipinski definition) is 1. The van der Waals surface area contributed by atoms with Gasteiger partial charge in [0.25, 0.3) is 5.91 Å². The standard InChI is InChI=1S/C13H16N4O/c1-9-4-11(6-15)8-17(9)13(18)12-3-2-10(5-14)7-16-12/h2-3,7,9,11H,4,6,8,15H2,1H3. The van der Waals surface area contributed by atoms with Crippen LogP contribution < -0.4 is 5.73 Å². The van der Waals surface area contributed by atoms with E-state index < -0.39 is 0 Å². The first-order chi connectivity index (χ1) is 8.65. The molecule has 18 heavy (non-hydrogen) atoms. The summed E-state index contributed by atoms with van der Waals surface area (Å²) in [5.74, 6) is 0.297. The van der Waals surface area contributed by atoms with E-state index in [1.807, 2.05) is 17.9 Å². The number of pyridine rings is 1. The molecule has 0 spiro atoms. The lowest BCUT2D eigenvalue weighted by atomic mass is 10.1. The minimum absolute atomic E-state index is 0.0806. The van der Waals surface area contributed by atoms with Crippen molar-refractivity contribution >= 4 is 5.91 Å². The Labute approximate surface area is 106 Å². The fourth-order valence-corrected chi connectivity index (χ4v) is 2.33. The number of carbonyl (C=O) groups excluding carboxylic acids is 1. The van der Waals surface area contributed by atoms with Crippen LogP contribution in [0.2, 0.25) is 0 Å². The van der Waals surface area contributed by atoms with Gasteiger partial charge >= 0.3 is 0 Å². The fraction of sp³-hybridized carbons (Fsp3) is 0.462. The molecule has 0 saturated carbocycles. The van der Waals surface area contributed by atoms with Crippen LogP contribution in [-0.4, -0.2) is 34.9 Å². The largest absolute Gasteiger partial charge is 0.334 e. The summed E-state index contributed by atoms with van der Waals surface area (Å²) >= 11 is 0. The Hall–Kier alpha value is -1.93. The van der Waals surface area contributed by atoms with Crippen LogP contribution in [0.3, 0.4) is 0 Å². The molecule has 1 aromatic rings. The number of nitriles is 1. The quantitative estimate of drug-likeness (QED) is 0.832. The maximum Gasteiger partial charge on any atom is 0.272 e. The van der Waals surface area contributed by atoms with Gasteiger partial charge in [-0.25, -0.2) is 4.98 Å². The summed E-state index contributed by atoms with van der Waals surface area (Å²) < 4.78 is 0. The van der Waals surface area contributed by atoms with E-state index in [9.17, 15) is 4.79 Å². The molecule has 1 fully saturated rings. The number of nitrogens with zero attached hydrogens (tertiary/aromatic N) is 3. The molecule has 0 radical (unpaired) electrons. The van der Waals surface area contributed by atoms with E-state index in [1.54, 1.807) is 12.1 Å². The van der Waals surface area contributed by atoms with Crippen LogP contribution >= 0.6 is 0 Å². The van der Waals surface area contributed by atoms with Gasteiger partial charge in [0.1, 0.15) is 11.8 Å². The Morgan fingerprint density at radius 2 is 2.44 bits per heavy atom. The van der Waals surface area contributed by atoms with Crippen LogP contribution in [-0.2, 0) is 0 Å². The summed E-state index contributed by atoms with van der Waals surface area (Å²) in [6.45, 7) is 3.32. The molecule has 2 unspecified atom stereocenters. The number of likely N-dealkylation sites (tertiary alicyclic amines) is 1. The van der Waals surface area contributed by atoms with Crippen LogP contribution in [0.25, 0.3) is 0 Å². The van der Waals surface area contributed by atoms with Crippen LogP contribution in [0.15, 0.2) is 18.3 Å². The molecule has 1 aliphatic heterocycles. The van der Waals surface area contributed by atoms with Crippen molar-refractivity contribution in [3.63, 3.8) is 0 Å². The minimum atomic E-state index is -0.0806. The number of carbonyl (C=O) groups is 1. The highest BCUT2D eigenvalue weighted by Crippen LogP contribution is 2.23. The number of rotatable bonds is 2. The van der Waals surface area contributed by atoms with Crippen molar-refractivity contribution < 1.29 is 4.79 Å². The van der Waals surface area contributed by atoms with E-state index in [2.05, 4.69) is 4.98 Å². The lowest BCUT2D eigenvalue weighted by molar-refractivity contribution is 0.0737. The second kappa shape index (κ2) is 5.15. The third kappa shape index (κ3) is 2.34. The van der Waals surface area contributed by atoms with Gasteiger partial charge in [-0.2, -0.15) is 5.26 Å². The van der Waals surface area contributed by atoms with E-state index in [-0.39, 0.29) is 11.9 Å². The first kappa shape index (κ1) is 12.5. The van der Waals surface area contributed by atoms with E-state index >= 15 is 0 Å². The molecule has 1 saturated heterocycles. The van der Waals surface area contributed by atoms with Crippen molar-refractivity contribution in [1.29, 1.82) is 5.26 Å². The first-order valence-corrected chi connectivity index (χ1v) is 6.03. The number of nitrogens with two attached hydrogens (primary N) is 1. The van der Waals surface area contributed by atoms with Gasteiger partial charge in [-0.3, -0.25) is 4.79 Å². The van der Waals surface area contributed by atoms with Crippen molar-refractivity contribution in [2.24, 2.45) is 11.7 Å². The molecule has 2 atom stereocenters. The Balaban J connectivity index is 2.14. The number of amides is 1. The molecular formula is C13H16N4O. The molecule has 1 aliphatic rings. The highest BCUT2D eigenvalue weighted by molar-refractivity contribution is 5.92. The highest BCUT2D eigenvalue weighted by Gasteiger charge is 2.32. The van der Waals surface area contributed by atoms with Crippen molar-refractivity contribution in [3.05, 3.63) is 29.6 Å². The van der Waals surface area contributed by atoms with Gasteiger partial charge in [0.2, 0.25) is 0 Å². The molecule has 2 N–H and O–H groups in total. The zero-order chi connectivity index (χ0) is 13.1. The van der Waals surface area contributed by atoms with E-state index in [4.69, 9.17) is 11.0 Å². The SMILES string of the molecule is CC1CC(CN)CN1C(=O)c1ccc(C#N)cn1. The highest BCUT2D eigenvalue weighted by atomic mass is 16.2. The summed E-state index contributed by atoms with van der Waals surface area (Å²) in [4.78, 5) is 18.1. The average molecular weight is 244 g/mol. The maximum atomic E-state index is 12.3. The molecule has 0 aliphatic carbocycles. The van der Waals surface area contributed by atoms with Crippen LogP contribution in [0.5, 0.6) is 0 Å². The molecular weight excluding hydrogens is 228 g/mol. The van der Waals surface area contributed by atoms with Gasteiger partial charge < -0.3 is 10.6 Å². The minimum Gasteiger partial charge on any atom is -0.334 e. The lowest BCUT2D eigenvalue weighted by Crippen LogP contribution is -2.34. The third-order valence-electron chi connectivity index (χ3n) is 3.37. The van der Waals surface area contributed by atoms with E-state index in [0.717, 1.165) is 6.42 Å². The summed E-state index contributed by atoms with van der Waals surface area (Å²) in [5.41, 5.74) is 6.49. The van der Waals surface area contributed by atoms with Crippen LogP contribution in [0.1, 0.15) is 29.4 Å². The van der Waals surface area contributed by atoms with E-state index in [0.29, 0.717) is 30.3 Å². The maximum absolute atomic E-state index is 12.3. The summed E-state index contributed by atoms with van der Waals surface area (Å²) in [6.07, 6.45) is 2.37. The third-order valence-corrected chi connectivity index (χ3v) is 3.37.